The van der Waals surface area contributed by atoms with Gasteiger partial charge in [0, 0.05) is 19.1 Å². The fourth-order valence-corrected chi connectivity index (χ4v) is 1.96. The summed E-state index contributed by atoms with van der Waals surface area (Å²) >= 11 is 0. The van der Waals surface area contributed by atoms with Crippen LogP contribution >= 0.6 is 0 Å². The van der Waals surface area contributed by atoms with Crippen LogP contribution in [-0.4, -0.2) is 5.91 Å². The Balaban J connectivity index is 2.02. The zero-order valence-corrected chi connectivity index (χ0v) is 11.3. The monoisotopic (exact) mass is 255 g/mol. The van der Waals surface area contributed by atoms with Crippen LogP contribution in [0.3, 0.4) is 0 Å². The predicted octanol–water partition coefficient (Wildman–Crippen LogP) is 2.41. The van der Waals surface area contributed by atoms with Crippen molar-refractivity contribution in [1.29, 1.82) is 0 Å². The minimum atomic E-state index is -0.215. The van der Waals surface area contributed by atoms with Crippen molar-refractivity contribution >= 4 is 5.91 Å². The molecule has 0 saturated heterocycles. The van der Waals surface area contributed by atoms with Gasteiger partial charge in [0.25, 0.3) is 5.91 Å². The smallest absolute Gasteiger partial charge is 0.289 e. The van der Waals surface area contributed by atoms with E-state index in [-0.39, 0.29) is 18.0 Å². The van der Waals surface area contributed by atoms with E-state index in [4.69, 9.17) is 0 Å². The van der Waals surface area contributed by atoms with Crippen LogP contribution in [0.25, 0.3) is 0 Å². The molecule has 19 heavy (non-hydrogen) atoms. The van der Waals surface area contributed by atoms with Gasteiger partial charge in [0.05, 0.1) is 6.04 Å². The standard InChI is InChI=1S/C16H18N2O/c1-13(15-9-5-3-6-10-15)17-16(19)14(2)18-11-7-4-8-12-18/h3-14H,1-2H3/p+1/t13-,14-/m1/s1. The summed E-state index contributed by atoms with van der Waals surface area (Å²) in [5.74, 6) is 0.0209. The van der Waals surface area contributed by atoms with E-state index >= 15 is 0 Å². The third-order valence-corrected chi connectivity index (χ3v) is 3.22. The first-order valence-corrected chi connectivity index (χ1v) is 6.49. The largest absolute Gasteiger partial charge is 0.344 e. The van der Waals surface area contributed by atoms with Crippen LogP contribution in [-0.2, 0) is 4.79 Å². The Labute approximate surface area is 113 Å². The van der Waals surface area contributed by atoms with Crippen LogP contribution < -0.4 is 9.88 Å². The number of hydrogen-bond donors (Lipinski definition) is 1. The number of hydrogen-bond acceptors (Lipinski definition) is 1. The molecule has 1 amide bonds. The molecule has 2 rings (SSSR count). The van der Waals surface area contributed by atoms with Crippen LogP contribution in [0.5, 0.6) is 0 Å². The molecule has 0 spiro atoms. The lowest BCUT2D eigenvalue weighted by Gasteiger charge is -2.15. The van der Waals surface area contributed by atoms with Crippen molar-refractivity contribution in [3.8, 4) is 0 Å². The molecule has 0 radical (unpaired) electrons. The van der Waals surface area contributed by atoms with Crippen LogP contribution in [0.2, 0.25) is 0 Å². The third kappa shape index (κ3) is 3.41. The molecule has 0 saturated carbocycles. The zero-order valence-electron chi connectivity index (χ0n) is 11.3. The second-order valence-corrected chi connectivity index (χ2v) is 4.64. The number of carbonyl (C=O) groups is 1. The van der Waals surface area contributed by atoms with Crippen LogP contribution in [0.1, 0.15) is 31.5 Å². The number of benzene rings is 1. The Kier molecular flexibility index (Phi) is 4.29. The highest BCUT2D eigenvalue weighted by Gasteiger charge is 2.22. The lowest BCUT2D eigenvalue weighted by Crippen LogP contribution is -2.46. The minimum absolute atomic E-state index is 0.0143. The Morgan fingerprint density at radius 1 is 1.00 bits per heavy atom. The van der Waals surface area contributed by atoms with Gasteiger partial charge in [-0.1, -0.05) is 36.4 Å². The van der Waals surface area contributed by atoms with E-state index in [1.54, 1.807) is 0 Å². The van der Waals surface area contributed by atoms with Crippen molar-refractivity contribution < 1.29 is 9.36 Å². The molecule has 0 aliphatic heterocycles. The van der Waals surface area contributed by atoms with Crippen molar-refractivity contribution in [2.75, 3.05) is 0 Å². The molecule has 1 aromatic heterocycles. The molecule has 0 fully saturated rings. The summed E-state index contributed by atoms with van der Waals surface area (Å²) in [5, 5.41) is 3.03. The van der Waals surface area contributed by atoms with Gasteiger partial charge in [0.2, 0.25) is 6.04 Å². The molecular formula is C16H19N2O+. The van der Waals surface area contributed by atoms with E-state index in [0.717, 1.165) is 5.56 Å². The third-order valence-electron chi connectivity index (χ3n) is 3.22. The number of pyridine rings is 1. The van der Waals surface area contributed by atoms with Gasteiger partial charge in [-0.25, -0.2) is 0 Å². The van der Waals surface area contributed by atoms with Gasteiger partial charge in [-0.2, -0.15) is 4.57 Å². The maximum atomic E-state index is 12.2. The molecule has 3 heteroatoms. The van der Waals surface area contributed by atoms with Crippen molar-refractivity contribution in [2.24, 2.45) is 0 Å². The summed E-state index contributed by atoms with van der Waals surface area (Å²) in [5.41, 5.74) is 1.11. The van der Waals surface area contributed by atoms with Crippen molar-refractivity contribution in [3.63, 3.8) is 0 Å². The normalized spacial score (nSPS) is 13.6. The van der Waals surface area contributed by atoms with Crippen molar-refractivity contribution in [2.45, 2.75) is 25.9 Å². The van der Waals surface area contributed by atoms with E-state index in [1.807, 2.05) is 79.3 Å². The number of aromatic nitrogens is 1. The van der Waals surface area contributed by atoms with Gasteiger partial charge in [-0.05, 0) is 12.5 Å². The SMILES string of the molecule is C[C@H](C(=O)N[C@H](C)c1ccccc1)[n+]1ccccc1. The van der Waals surface area contributed by atoms with Crippen LogP contribution in [0.15, 0.2) is 60.9 Å². The van der Waals surface area contributed by atoms with Gasteiger partial charge < -0.3 is 5.32 Å². The Hall–Kier alpha value is -2.16. The number of nitrogens with one attached hydrogen (secondary N) is 1. The molecular weight excluding hydrogens is 236 g/mol. The van der Waals surface area contributed by atoms with E-state index in [1.165, 1.54) is 0 Å². The van der Waals surface area contributed by atoms with Gasteiger partial charge in [0.1, 0.15) is 0 Å². The average molecular weight is 255 g/mol. The molecule has 1 heterocycles. The quantitative estimate of drug-likeness (QED) is 0.836. The summed E-state index contributed by atoms with van der Waals surface area (Å²) in [4.78, 5) is 12.2. The molecule has 0 aliphatic rings. The Morgan fingerprint density at radius 2 is 1.58 bits per heavy atom. The maximum Gasteiger partial charge on any atom is 0.289 e. The maximum absolute atomic E-state index is 12.2. The predicted molar refractivity (Wildman–Crippen MR) is 74.3 cm³/mol. The highest BCUT2D eigenvalue weighted by molar-refractivity contribution is 5.78. The molecule has 1 N–H and O–H groups in total. The van der Waals surface area contributed by atoms with E-state index in [9.17, 15) is 4.79 Å². The molecule has 0 aliphatic carbocycles. The molecule has 0 unspecified atom stereocenters. The highest BCUT2D eigenvalue weighted by Crippen LogP contribution is 2.11. The molecule has 0 bridgehead atoms. The number of amides is 1. The summed E-state index contributed by atoms with van der Waals surface area (Å²) in [7, 11) is 0. The van der Waals surface area contributed by atoms with E-state index < -0.39 is 0 Å². The summed E-state index contributed by atoms with van der Waals surface area (Å²) in [6.45, 7) is 3.89. The van der Waals surface area contributed by atoms with Crippen molar-refractivity contribution in [1.82, 2.24) is 5.32 Å². The number of carbonyl (C=O) groups excluding carboxylic acids is 1. The summed E-state index contributed by atoms with van der Waals surface area (Å²) < 4.78 is 1.90. The lowest BCUT2D eigenvalue weighted by molar-refractivity contribution is -0.706. The second-order valence-electron chi connectivity index (χ2n) is 4.64. The molecule has 3 nitrogen and oxygen atoms in total. The molecule has 2 atom stereocenters. The highest BCUT2D eigenvalue weighted by atomic mass is 16.2. The molecule has 98 valence electrons. The molecule has 1 aromatic carbocycles. The van der Waals surface area contributed by atoms with E-state index in [2.05, 4.69) is 5.32 Å². The minimum Gasteiger partial charge on any atom is -0.344 e. The Bertz CT molecular complexity index is 525. The zero-order chi connectivity index (χ0) is 13.7. The van der Waals surface area contributed by atoms with Gasteiger partial charge in [-0.3, -0.25) is 4.79 Å². The topological polar surface area (TPSA) is 33.0 Å². The summed E-state index contributed by atoms with van der Waals surface area (Å²) in [6.07, 6.45) is 3.80. The number of nitrogens with zero attached hydrogens (tertiary/aromatic N) is 1. The second kappa shape index (κ2) is 6.14. The van der Waals surface area contributed by atoms with E-state index in [0.29, 0.717) is 0 Å². The first-order chi connectivity index (χ1) is 9.18. The first-order valence-electron chi connectivity index (χ1n) is 6.49. The van der Waals surface area contributed by atoms with Crippen LogP contribution in [0.4, 0.5) is 0 Å². The van der Waals surface area contributed by atoms with Gasteiger partial charge >= 0.3 is 0 Å². The fourth-order valence-electron chi connectivity index (χ4n) is 1.96. The average Bonchev–Trinajstić information content (AvgIpc) is 2.48. The summed E-state index contributed by atoms with van der Waals surface area (Å²) in [6, 6.07) is 15.5. The van der Waals surface area contributed by atoms with Crippen LogP contribution in [0, 0.1) is 0 Å². The fraction of sp³-hybridized carbons (Fsp3) is 0.250. The number of rotatable bonds is 4. The first kappa shape index (κ1) is 13.3. The van der Waals surface area contributed by atoms with Gasteiger partial charge in [0.15, 0.2) is 12.4 Å². The molecule has 2 aromatic rings. The van der Waals surface area contributed by atoms with Gasteiger partial charge in [-0.15, -0.1) is 0 Å². The van der Waals surface area contributed by atoms with Crippen molar-refractivity contribution in [3.05, 3.63) is 66.5 Å². The Morgan fingerprint density at radius 3 is 2.21 bits per heavy atom. The lowest BCUT2D eigenvalue weighted by atomic mass is 10.1.